The number of hydrogen-bond donors (Lipinski definition) is 1. The van der Waals surface area contributed by atoms with Crippen LogP contribution < -0.4 is 14.8 Å². The lowest BCUT2D eigenvalue weighted by Crippen LogP contribution is -2.58. The van der Waals surface area contributed by atoms with E-state index in [2.05, 4.69) is 19.2 Å². The van der Waals surface area contributed by atoms with E-state index in [1.165, 1.54) is 0 Å². The third kappa shape index (κ3) is 7.45. The molecule has 2 fully saturated rings. The zero-order valence-corrected chi connectivity index (χ0v) is 25.9. The van der Waals surface area contributed by atoms with Crippen molar-refractivity contribution in [2.24, 2.45) is 11.8 Å². The molecule has 3 heterocycles. The molecular formula is C31H46N2O8. The summed E-state index contributed by atoms with van der Waals surface area (Å²) in [6.45, 7) is 15.6. The quantitative estimate of drug-likeness (QED) is 0.500. The number of ether oxygens (including phenoxy) is 5. The van der Waals surface area contributed by atoms with E-state index in [1.807, 2.05) is 18.2 Å². The first-order valence-corrected chi connectivity index (χ1v) is 14.5. The van der Waals surface area contributed by atoms with Crippen LogP contribution in [0.1, 0.15) is 86.3 Å². The Morgan fingerprint density at radius 2 is 1.78 bits per heavy atom. The van der Waals surface area contributed by atoms with Crippen molar-refractivity contribution in [1.82, 2.24) is 10.2 Å². The van der Waals surface area contributed by atoms with Gasteiger partial charge in [0.25, 0.3) is 0 Å². The lowest BCUT2D eigenvalue weighted by Gasteiger charge is -2.53. The second-order valence-electron chi connectivity index (χ2n) is 13.9. The van der Waals surface area contributed by atoms with Crippen molar-refractivity contribution in [3.63, 3.8) is 0 Å². The van der Waals surface area contributed by atoms with Gasteiger partial charge >= 0.3 is 12.1 Å². The minimum atomic E-state index is -1.11. The highest BCUT2D eigenvalue weighted by atomic mass is 16.6. The first-order chi connectivity index (χ1) is 19.0. The smallest absolute Gasteiger partial charge is 0.408 e. The van der Waals surface area contributed by atoms with Gasteiger partial charge < -0.3 is 33.9 Å². The van der Waals surface area contributed by atoms with Crippen molar-refractivity contribution in [1.29, 1.82) is 0 Å². The molecule has 0 aliphatic carbocycles. The summed E-state index contributed by atoms with van der Waals surface area (Å²) in [5.41, 5.74) is -0.940. The number of methoxy groups -OCH3 is 1. The minimum absolute atomic E-state index is 0.0210. The largest absolute Gasteiger partial charge is 0.497 e. The van der Waals surface area contributed by atoms with E-state index in [9.17, 15) is 14.4 Å². The van der Waals surface area contributed by atoms with Gasteiger partial charge in [-0.3, -0.25) is 9.59 Å². The molecule has 0 saturated carbocycles. The number of piperidine rings is 1. The Kier molecular flexibility index (Phi) is 8.56. The Labute approximate surface area is 243 Å². The van der Waals surface area contributed by atoms with E-state index in [0.717, 1.165) is 23.5 Å². The molecular weight excluding hydrogens is 528 g/mol. The summed E-state index contributed by atoms with van der Waals surface area (Å²) >= 11 is 0. The summed E-state index contributed by atoms with van der Waals surface area (Å²) in [7, 11) is 1.64. The van der Waals surface area contributed by atoms with Crippen molar-refractivity contribution >= 4 is 18.0 Å². The predicted octanol–water partition coefficient (Wildman–Crippen LogP) is 4.79. The number of esters is 1. The van der Waals surface area contributed by atoms with E-state index in [0.29, 0.717) is 19.5 Å². The van der Waals surface area contributed by atoms with Gasteiger partial charge in [-0.05, 0) is 80.4 Å². The van der Waals surface area contributed by atoms with Gasteiger partial charge in [-0.2, -0.15) is 0 Å². The van der Waals surface area contributed by atoms with Crippen LogP contribution in [0.25, 0.3) is 0 Å². The summed E-state index contributed by atoms with van der Waals surface area (Å²) in [6.07, 6.45) is 0.285. The lowest BCUT2D eigenvalue weighted by atomic mass is 9.70. The van der Waals surface area contributed by atoms with E-state index in [4.69, 9.17) is 23.7 Å². The molecule has 2 saturated heterocycles. The molecule has 1 aromatic carbocycles. The lowest BCUT2D eigenvalue weighted by molar-refractivity contribution is -0.189. The number of fused-ring (bicyclic) bond motifs is 4. The van der Waals surface area contributed by atoms with E-state index < -0.39 is 34.9 Å². The van der Waals surface area contributed by atoms with Gasteiger partial charge in [0.2, 0.25) is 5.91 Å². The van der Waals surface area contributed by atoms with Gasteiger partial charge in [0.15, 0.2) is 0 Å². The molecule has 5 atom stereocenters. The number of nitrogens with one attached hydrogen (secondary N) is 1. The SMILES string of the molecule is COc1ccc2c(c1)OC(C)(C)[C@H]1C[C@@H]3CN(C(=O)[C@H](CC(=O)OC(C)(C)C)NC(=O)OC(C)(C)C)CC[C@@H]3O[C@H]21. The minimum Gasteiger partial charge on any atom is -0.497 e. The number of hydrogen-bond acceptors (Lipinski definition) is 8. The molecule has 0 radical (unpaired) electrons. The van der Waals surface area contributed by atoms with Crippen molar-refractivity contribution < 1.29 is 38.1 Å². The van der Waals surface area contributed by atoms with Gasteiger partial charge in [-0.15, -0.1) is 0 Å². The van der Waals surface area contributed by atoms with E-state index in [-0.39, 0.29) is 36.4 Å². The molecule has 1 N–H and O–H groups in total. The summed E-state index contributed by atoms with van der Waals surface area (Å²) < 4.78 is 29.4. The molecule has 4 rings (SSSR count). The summed E-state index contributed by atoms with van der Waals surface area (Å²) in [5.74, 6) is 0.776. The van der Waals surface area contributed by atoms with Crippen LogP contribution in [-0.4, -0.2) is 72.0 Å². The number of amides is 2. The van der Waals surface area contributed by atoms with Crippen LogP contribution in [0.15, 0.2) is 18.2 Å². The van der Waals surface area contributed by atoms with Crippen molar-refractivity contribution in [3.8, 4) is 11.5 Å². The van der Waals surface area contributed by atoms with Crippen LogP contribution in [0.5, 0.6) is 11.5 Å². The highest BCUT2D eigenvalue weighted by Crippen LogP contribution is 2.53. The number of likely N-dealkylation sites (tertiary alicyclic amines) is 1. The Balaban J connectivity index is 1.49. The number of alkyl carbamates (subject to hydrolysis) is 1. The molecule has 3 aliphatic heterocycles. The summed E-state index contributed by atoms with van der Waals surface area (Å²) in [5, 5.41) is 2.62. The normalized spacial score (nSPS) is 25.8. The molecule has 0 aromatic heterocycles. The molecule has 10 heteroatoms. The molecule has 0 unspecified atom stereocenters. The fourth-order valence-corrected chi connectivity index (χ4v) is 6.03. The second kappa shape index (κ2) is 11.3. The van der Waals surface area contributed by atoms with Gasteiger partial charge in [0, 0.05) is 36.6 Å². The predicted molar refractivity (Wildman–Crippen MR) is 152 cm³/mol. The van der Waals surface area contributed by atoms with Gasteiger partial charge in [-0.25, -0.2) is 4.79 Å². The molecule has 0 bridgehead atoms. The number of benzene rings is 1. The Morgan fingerprint density at radius 1 is 1.10 bits per heavy atom. The molecule has 228 valence electrons. The van der Waals surface area contributed by atoms with E-state index in [1.54, 1.807) is 53.6 Å². The molecule has 41 heavy (non-hydrogen) atoms. The third-order valence-electron chi connectivity index (χ3n) is 7.79. The average Bonchev–Trinajstić information content (AvgIpc) is 2.83. The van der Waals surface area contributed by atoms with Crippen molar-refractivity contribution in [2.45, 2.75) is 110 Å². The van der Waals surface area contributed by atoms with Gasteiger partial charge in [-0.1, -0.05) is 0 Å². The molecule has 1 aromatic rings. The van der Waals surface area contributed by atoms with Gasteiger partial charge in [0.05, 0.1) is 25.7 Å². The zero-order chi connectivity index (χ0) is 30.3. The molecule has 3 aliphatic rings. The van der Waals surface area contributed by atoms with E-state index >= 15 is 0 Å². The fraction of sp³-hybridized carbons (Fsp3) is 0.710. The van der Waals surface area contributed by atoms with Crippen LogP contribution in [0, 0.1) is 11.8 Å². The number of nitrogens with zero attached hydrogens (tertiary/aromatic N) is 1. The van der Waals surface area contributed by atoms with Crippen molar-refractivity contribution in [3.05, 3.63) is 23.8 Å². The third-order valence-corrected chi connectivity index (χ3v) is 7.79. The average molecular weight is 575 g/mol. The molecule has 10 nitrogen and oxygen atoms in total. The Hall–Kier alpha value is -3.01. The molecule has 2 amide bonds. The first kappa shape index (κ1) is 30.9. The maximum Gasteiger partial charge on any atom is 0.408 e. The maximum atomic E-state index is 13.8. The highest BCUT2D eigenvalue weighted by molar-refractivity contribution is 5.89. The number of rotatable bonds is 5. The monoisotopic (exact) mass is 574 g/mol. The summed E-state index contributed by atoms with van der Waals surface area (Å²) in [4.78, 5) is 40.8. The van der Waals surface area contributed by atoms with Crippen LogP contribution in [0.4, 0.5) is 4.79 Å². The number of carbonyl (C=O) groups is 3. The Bertz CT molecular complexity index is 1120. The maximum absolute atomic E-state index is 13.8. The highest BCUT2D eigenvalue weighted by Gasteiger charge is 2.52. The fourth-order valence-electron chi connectivity index (χ4n) is 6.03. The standard InChI is InChI=1S/C31H46N2O8/c1-29(2,3)40-25(34)16-22(32-28(36)41-30(4,5)6)27(35)33-13-12-23-18(17-33)14-21-26(38-23)20-11-10-19(37-9)15-24(20)39-31(21,7)8/h10-11,15,18,21-23,26H,12-14,16-17H2,1-9H3,(H,32,36)/t18-,21+,22+,23+,26-/m1/s1. The van der Waals surface area contributed by atoms with Crippen LogP contribution >= 0.6 is 0 Å². The Morgan fingerprint density at radius 3 is 2.41 bits per heavy atom. The van der Waals surface area contributed by atoms with Crippen LogP contribution in [0.3, 0.4) is 0 Å². The first-order valence-electron chi connectivity index (χ1n) is 14.5. The zero-order valence-electron chi connectivity index (χ0n) is 25.9. The topological polar surface area (TPSA) is 113 Å². The number of carbonyl (C=O) groups excluding carboxylic acids is 3. The summed E-state index contributed by atoms with van der Waals surface area (Å²) in [6, 6.07) is 4.75. The van der Waals surface area contributed by atoms with Crippen molar-refractivity contribution in [2.75, 3.05) is 20.2 Å². The van der Waals surface area contributed by atoms with Gasteiger partial charge in [0.1, 0.15) is 34.3 Å². The molecule has 0 spiro atoms. The van der Waals surface area contributed by atoms with Crippen LogP contribution in [0.2, 0.25) is 0 Å². The second-order valence-corrected chi connectivity index (χ2v) is 13.9. The van der Waals surface area contributed by atoms with Crippen LogP contribution in [-0.2, 0) is 23.8 Å².